The van der Waals surface area contributed by atoms with Crippen LogP contribution in [0.25, 0.3) is 0 Å². The van der Waals surface area contributed by atoms with Crippen molar-refractivity contribution in [1.82, 2.24) is 9.55 Å². The predicted octanol–water partition coefficient (Wildman–Crippen LogP) is 3.30. The molecule has 0 aliphatic carbocycles. The summed E-state index contributed by atoms with van der Waals surface area (Å²) < 4.78 is 6.32. The van der Waals surface area contributed by atoms with Gasteiger partial charge in [0.25, 0.3) is 0 Å². The zero-order chi connectivity index (χ0) is 14.7. The normalized spacial score (nSPS) is 12.2. The summed E-state index contributed by atoms with van der Waals surface area (Å²) in [5.41, 5.74) is 3.65. The van der Waals surface area contributed by atoms with E-state index in [1.807, 2.05) is 6.07 Å². The summed E-state index contributed by atoms with van der Waals surface area (Å²) in [6.07, 6.45) is 2.09. The molecule has 1 atom stereocenters. The lowest BCUT2D eigenvalue weighted by atomic mass is 9.93. The molecule has 0 aliphatic rings. The molecule has 5 nitrogen and oxygen atoms in total. The number of rotatable bonds is 4. The van der Waals surface area contributed by atoms with Gasteiger partial charge in [0, 0.05) is 18.3 Å². The first-order chi connectivity index (χ1) is 9.50. The van der Waals surface area contributed by atoms with E-state index in [1.54, 1.807) is 17.0 Å². The highest BCUT2D eigenvalue weighted by molar-refractivity contribution is 5.56. The Labute approximate surface area is 117 Å². The molecule has 20 heavy (non-hydrogen) atoms. The van der Waals surface area contributed by atoms with E-state index >= 15 is 0 Å². The van der Waals surface area contributed by atoms with Crippen molar-refractivity contribution in [2.45, 2.75) is 33.4 Å². The fourth-order valence-electron chi connectivity index (χ4n) is 2.32. The first kappa shape index (κ1) is 14.1. The zero-order valence-electron chi connectivity index (χ0n) is 11.8. The predicted molar refractivity (Wildman–Crippen MR) is 74.8 cm³/mol. The first-order valence-electron chi connectivity index (χ1n) is 6.43. The van der Waals surface area contributed by atoms with Gasteiger partial charge in [-0.25, -0.2) is 9.78 Å². The summed E-state index contributed by atoms with van der Waals surface area (Å²) in [6.45, 7) is 6.18. The molecule has 106 valence electrons. The van der Waals surface area contributed by atoms with Crippen LogP contribution >= 0.6 is 0 Å². The molecule has 0 spiro atoms. The Morgan fingerprint density at radius 3 is 2.90 bits per heavy atom. The maximum absolute atomic E-state index is 10.5. The van der Waals surface area contributed by atoms with Crippen LogP contribution in [0, 0.1) is 13.8 Å². The molecule has 0 saturated heterocycles. The largest absolute Gasteiger partial charge is 0.507 e. The van der Waals surface area contributed by atoms with E-state index in [9.17, 15) is 4.79 Å². The number of imidazole rings is 1. The second kappa shape index (κ2) is 5.77. The topological polar surface area (TPSA) is 64.4 Å². The van der Waals surface area contributed by atoms with E-state index in [1.165, 1.54) is 16.7 Å². The van der Waals surface area contributed by atoms with Crippen molar-refractivity contribution < 1.29 is 14.6 Å². The van der Waals surface area contributed by atoms with Gasteiger partial charge in [-0.2, -0.15) is 0 Å². The molecule has 0 aliphatic heterocycles. The Bertz CT molecular complexity index is 619. The molecule has 1 unspecified atom stereocenters. The highest BCUT2D eigenvalue weighted by Gasteiger charge is 2.17. The van der Waals surface area contributed by atoms with Crippen LogP contribution in [0.1, 0.15) is 35.4 Å². The monoisotopic (exact) mass is 274 g/mol. The van der Waals surface area contributed by atoms with Crippen LogP contribution in [-0.4, -0.2) is 20.8 Å². The van der Waals surface area contributed by atoms with E-state index in [0.717, 1.165) is 5.82 Å². The first-order valence-corrected chi connectivity index (χ1v) is 6.43. The van der Waals surface area contributed by atoms with E-state index in [0.29, 0.717) is 0 Å². The van der Waals surface area contributed by atoms with Crippen LogP contribution < -0.4 is 0 Å². The Morgan fingerprint density at radius 2 is 2.20 bits per heavy atom. The maximum Gasteiger partial charge on any atom is 0.507 e. The maximum atomic E-state index is 10.5. The molecular weight excluding hydrogens is 256 g/mol. The Morgan fingerprint density at radius 1 is 1.45 bits per heavy atom. The Balaban J connectivity index is 2.29. The number of hydrogen-bond acceptors (Lipinski definition) is 3. The van der Waals surface area contributed by atoms with Crippen LogP contribution in [-0.2, 0) is 11.5 Å². The third kappa shape index (κ3) is 2.82. The molecule has 5 heteroatoms. The van der Waals surface area contributed by atoms with Gasteiger partial charge in [-0.3, -0.25) is 0 Å². The molecule has 0 radical (unpaired) electrons. The van der Waals surface area contributed by atoms with Crippen LogP contribution in [0.15, 0.2) is 30.6 Å². The van der Waals surface area contributed by atoms with Gasteiger partial charge in [0.2, 0.25) is 0 Å². The second-order valence-corrected chi connectivity index (χ2v) is 4.81. The highest BCUT2D eigenvalue weighted by atomic mass is 16.7. The molecular formula is C15H18N2O3. The fourth-order valence-corrected chi connectivity index (χ4v) is 2.32. The number of ether oxygens (including phenoxy) is 1. The van der Waals surface area contributed by atoms with Gasteiger partial charge in [0.1, 0.15) is 5.82 Å². The average Bonchev–Trinajstić information content (AvgIpc) is 2.87. The second-order valence-electron chi connectivity index (χ2n) is 4.81. The molecule has 1 heterocycles. The minimum atomic E-state index is -1.29. The molecule has 0 saturated carbocycles. The summed E-state index contributed by atoms with van der Waals surface area (Å²) in [5.74, 6) is 0.863. The minimum Gasteiger partial charge on any atom is -0.450 e. The van der Waals surface area contributed by atoms with Crippen LogP contribution in [0.2, 0.25) is 0 Å². The van der Waals surface area contributed by atoms with Gasteiger partial charge in [0.05, 0.1) is 0 Å². The van der Waals surface area contributed by atoms with Crippen molar-refractivity contribution in [1.29, 1.82) is 0 Å². The van der Waals surface area contributed by atoms with Crippen LogP contribution in [0.5, 0.6) is 0 Å². The SMILES string of the molecule is Cc1cccc(C(C)c2nccn2COC(=O)O)c1C. The summed E-state index contributed by atoms with van der Waals surface area (Å²) in [6, 6.07) is 6.17. The smallest absolute Gasteiger partial charge is 0.450 e. The molecule has 0 amide bonds. The summed E-state index contributed by atoms with van der Waals surface area (Å²) >= 11 is 0. The lowest BCUT2D eigenvalue weighted by Gasteiger charge is -2.17. The number of nitrogens with zero attached hydrogens (tertiary/aromatic N) is 2. The summed E-state index contributed by atoms with van der Waals surface area (Å²) in [7, 11) is 0. The number of carboxylic acid groups (broad SMARTS) is 1. The number of aromatic nitrogens is 2. The standard InChI is InChI=1S/C15H18N2O3/c1-10-5-4-6-13(11(10)2)12(3)14-16-7-8-17(14)9-20-15(18)19/h4-8,12H,9H2,1-3H3,(H,18,19). The molecule has 1 aromatic carbocycles. The van der Waals surface area contributed by atoms with Crippen molar-refractivity contribution in [3.05, 3.63) is 53.1 Å². The molecule has 0 fully saturated rings. The van der Waals surface area contributed by atoms with Crippen molar-refractivity contribution in [3.8, 4) is 0 Å². The quantitative estimate of drug-likeness (QED) is 0.869. The minimum absolute atomic E-state index is 0.0418. The summed E-state index contributed by atoms with van der Waals surface area (Å²) in [5, 5.41) is 8.58. The molecule has 2 rings (SSSR count). The third-order valence-corrected chi connectivity index (χ3v) is 3.58. The van der Waals surface area contributed by atoms with Crippen LogP contribution in [0.3, 0.4) is 0 Å². The van der Waals surface area contributed by atoms with E-state index in [-0.39, 0.29) is 12.6 Å². The van der Waals surface area contributed by atoms with E-state index in [4.69, 9.17) is 5.11 Å². The average molecular weight is 274 g/mol. The Hall–Kier alpha value is -2.30. The number of aryl methyl sites for hydroxylation is 1. The molecule has 1 aromatic heterocycles. The van der Waals surface area contributed by atoms with Crippen molar-refractivity contribution in [2.75, 3.05) is 0 Å². The lowest BCUT2D eigenvalue weighted by molar-refractivity contribution is 0.0636. The zero-order valence-corrected chi connectivity index (χ0v) is 11.8. The van der Waals surface area contributed by atoms with Gasteiger partial charge in [-0.05, 0) is 30.5 Å². The van der Waals surface area contributed by atoms with Gasteiger partial charge >= 0.3 is 6.16 Å². The Kier molecular flexibility index (Phi) is 4.08. The summed E-state index contributed by atoms with van der Waals surface area (Å²) in [4.78, 5) is 14.8. The number of carbonyl (C=O) groups is 1. The van der Waals surface area contributed by atoms with Crippen LogP contribution in [0.4, 0.5) is 4.79 Å². The van der Waals surface area contributed by atoms with Crippen molar-refractivity contribution >= 4 is 6.16 Å². The lowest BCUT2D eigenvalue weighted by Crippen LogP contribution is -2.13. The highest BCUT2D eigenvalue weighted by Crippen LogP contribution is 2.27. The van der Waals surface area contributed by atoms with Gasteiger partial charge in [-0.1, -0.05) is 25.1 Å². The number of hydrogen-bond donors (Lipinski definition) is 1. The molecule has 0 bridgehead atoms. The number of benzene rings is 1. The van der Waals surface area contributed by atoms with Gasteiger partial charge in [-0.15, -0.1) is 0 Å². The van der Waals surface area contributed by atoms with Crippen molar-refractivity contribution in [2.24, 2.45) is 0 Å². The molecule has 1 N–H and O–H groups in total. The third-order valence-electron chi connectivity index (χ3n) is 3.58. The van der Waals surface area contributed by atoms with Gasteiger partial charge < -0.3 is 14.4 Å². The van der Waals surface area contributed by atoms with E-state index < -0.39 is 6.16 Å². The fraction of sp³-hybridized carbons (Fsp3) is 0.333. The van der Waals surface area contributed by atoms with E-state index in [2.05, 4.69) is 42.6 Å². The molecule has 2 aromatic rings. The van der Waals surface area contributed by atoms with Crippen molar-refractivity contribution in [3.63, 3.8) is 0 Å². The van der Waals surface area contributed by atoms with Gasteiger partial charge in [0.15, 0.2) is 6.73 Å².